The van der Waals surface area contributed by atoms with Crippen molar-refractivity contribution in [2.75, 3.05) is 6.61 Å². The molecule has 0 aromatic rings. The van der Waals surface area contributed by atoms with Crippen LogP contribution in [0.4, 0.5) is 0 Å². The average Bonchev–Trinajstić information content (AvgIpc) is 2.15. The van der Waals surface area contributed by atoms with E-state index in [-0.39, 0.29) is 12.5 Å². The van der Waals surface area contributed by atoms with E-state index in [4.69, 9.17) is 5.11 Å². The molecule has 0 aromatic carbocycles. The molecule has 0 rings (SSSR count). The van der Waals surface area contributed by atoms with Crippen molar-refractivity contribution in [1.82, 2.24) is 0 Å². The first-order valence-electron chi connectivity index (χ1n) is 5.28. The van der Waals surface area contributed by atoms with Crippen LogP contribution in [0.1, 0.15) is 41.0 Å². The molecule has 0 unspecified atom stereocenters. The summed E-state index contributed by atoms with van der Waals surface area (Å²) in [6.45, 7) is 18.0. The first-order chi connectivity index (χ1) is 6.36. The van der Waals surface area contributed by atoms with Crippen LogP contribution in [0.3, 0.4) is 0 Å². The van der Waals surface area contributed by atoms with Crippen molar-refractivity contribution in [1.29, 1.82) is 0 Å². The monoisotopic (exact) mass is 198 g/mol. The minimum atomic E-state index is 0.218. The lowest BCUT2D eigenvalue weighted by Crippen LogP contribution is -1.99. The van der Waals surface area contributed by atoms with Crippen molar-refractivity contribution in [2.24, 2.45) is 11.8 Å². The molecule has 0 aliphatic carbocycles. The van der Waals surface area contributed by atoms with Crippen molar-refractivity contribution >= 4 is 0 Å². The first kappa shape index (κ1) is 15.9. The molecule has 0 aromatic heterocycles. The van der Waals surface area contributed by atoms with Crippen LogP contribution in [0.2, 0.25) is 0 Å². The molecule has 1 nitrogen and oxygen atoms in total. The van der Waals surface area contributed by atoms with Crippen LogP contribution >= 0.6 is 0 Å². The lowest BCUT2D eigenvalue weighted by molar-refractivity contribution is 0.256. The smallest absolute Gasteiger partial charge is 0.0493 e. The number of aliphatic hydroxyl groups excluding tert-OH is 1. The van der Waals surface area contributed by atoms with E-state index in [2.05, 4.69) is 33.9 Å². The Hall–Kier alpha value is -0.560. The Kier molecular flexibility index (Phi) is 10.2. The van der Waals surface area contributed by atoms with Crippen LogP contribution in [-0.4, -0.2) is 11.7 Å². The van der Waals surface area contributed by atoms with Gasteiger partial charge in [0, 0.05) is 6.61 Å². The Bertz CT molecular complexity index is 150. The highest BCUT2D eigenvalue weighted by Gasteiger charge is 1.96. The van der Waals surface area contributed by atoms with Crippen molar-refractivity contribution in [3.8, 4) is 0 Å². The molecule has 14 heavy (non-hydrogen) atoms. The second-order valence-corrected chi connectivity index (χ2v) is 4.09. The lowest BCUT2D eigenvalue weighted by atomic mass is 10.0. The van der Waals surface area contributed by atoms with Gasteiger partial charge in [-0.2, -0.15) is 0 Å². The molecule has 0 aliphatic rings. The molecule has 0 spiro atoms. The number of rotatable bonds is 4. The Morgan fingerprint density at radius 2 is 1.43 bits per heavy atom. The Morgan fingerprint density at radius 3 is 1.43 bits per heavy atom. The van der Waals surface area contributed by atoms with E-state index in [0.29, 0.717) is 5.92 Å². The normalized spacial score (nSPS) is 13.6. The highest BCUT2D eigenvalue weighted by Crippen LogP contribution is 2.09. The standard InChI is InChI=1S/C7H14.C6H12O/c1-5-7(4)6(2)3;1-5(2)6(3)4-7/h7H,2,5H2,1,3-4H3;6-7H,1,4H2,2-3H3/t7-;6-/m11/s1. The van der Waals surface area contributed by atoms with Gasteiger partial charge in [-0.3, -0.25) is 0 Å². The average molecular weight is 198 g/mol. The van der Waals surface area contributed by atoms with Crippen LogP contribution in [0.15, 0.2) is 24.3 Å². The molecule has 0 fully saturated rings. The highest BCUT2D eigenvalue weighted by molar-refractivity contribution is 4.93. The lowest BCUT2D eigenvalue weighted by Gasteiger charge is -2.04. The zero-order chi connectivity index (χ0) is 11.7. The van der Waals surface area contributed by atoms with Gasteiger partial charge >= 0.3 is 0 Å². The van der Waals surface area contributed by atoms with E-state index in [9.17, 15) is 0 Å². The van der Waals surface area contributed by atoms with Crippen LogP contribution < -0.4 is 0 Å². The van der Waals surface area contributed by atoms with E-state index >= 15 is 0 Å². The van der Waals surface area contributed by atoms with E-state index in [1.54, 1.807) is 0 Å². The van der Waals surface area contributed by atoms with Crippen molar-refractivity contribution in [3.63, 3.8) is 0 Å². The molecule has 0 aliphatic heterocycles. The predicted octanol–water partition coefficient (Wildman–Crippen LogP) is 3.80. The molecule has 0 saturated heterocycles. The number of hydrogen-bond donors (Lipinski definition) is 1. The predicted molar refractivity (Wildman–Crippen MR) is 65.3 cm³/mol. The third-order valence-electron chi connectivity index (χ3n) is 2.57. The maximum Gasteiger partial charge on any atom is 0.0493 e. The molecule has 1 N–H and O–H groups in total. The fourth-order valence-corrected chi connectivity index (χ4v) is 0.504. The summed E-state index contributed by atoms with van der Waals surface area (Å²) in [5, 5.41) is 8.44. The zero-order valence-corrected chi connectivity index (χ0v) is 10.4. The fourth-order valence-electron chi connectivity index (χ4n) is 0.504. The molecule has 1 heteroatoms. The zero-order valence-electron chi connectivity index (χ0n) is 10.4. The van der Waals surface area contributed by atoms with Gasteiger partial charge in [-0.15, -0.1) is 0 Å². The topological polar surface area (TPSA) is 20.2 Å². The summed E-state index contributed by atoms with van der Waals surface area (Å²) in [7, 11) is 0. The molecule has 0 saturated carbocycles. The first-order valence-corrected chi connectivity index (χ1v) is 5.28. The minimum absolute atomic E-state index is 0.218. The van der Waals surface area contributed by atoms with Gasteiger partial charge < -0.3 is 5.11 Å². The number of hydrogen-bond acceptors (Lipinski definition) is 1. The quantitative estimate of drug-likeness (QED) is 0.681. The summed E-state index contributed by atoms with van der Waals surface area (Å²) >= 11 is 0. The van der Waals surface area contributed by atoms with Gasteiger partial charge in [0.15, 0.2) is 0 Å². The Morgan fingerprint density at radius 1 is 1.07 bits per heavy atom. The van der Waals surface area contributed by atoms with Crippen molar-refractivity contribution in [2.45, 2.75) is 41.0 Å². The van der Waals surface area contributed by atoms with Crippen LogP contribution in [0.25, 0.3) is 0 Å². The summed E-state index contributed by atoms with van der Waals surface area (Å²) in [6, 6.07) is 0. The fraction of sp³-hybridized carbons (Fsp3) is 0.692. The second-order valence-electron chi connectivity index (χ2n) is 4.09. The van der Waals surface area contributed by atoms with Gasteiger partial charge in [-0.1, -0.05) is 45.1 Å². The Balaban J connectivity index is 0. The summed E-state index contributed by atoms with van der Waals surface area (Å²) in [6.07, 6.45) is 1.22. The van der Waals surface area contributed by atoms with Crippen LogP contribution in [0, 0.1) is 11.8 Å². The summed E-state index contributed by atoms with van der Waals surface area (Å²) in [5.74, 6) is 0.972. The van der Waals surface area contributed by atoms with E-state index in [1.165, 1.54) is 12.0 Å². The molecule has 0 radical (unpaired) electrons. The van der Waals surface area contributed by atoms with Gasteiger partial charge in [-0.25, -0.2) is 0 Å². The number of allylic oxidation sites excluding steroid dienone is 1. The minimum Gasteiger partial charge on any atom is -0.396 e. The molecule has 2 atom stereocenters. The highest BCUT2D eigenvalue weighted by atomic mass is 16.3. The summed E-state index contributed by atoms with van der Waals surface area (Å²) in [5.41, 5.74) is 2.34. The van der Waals surface area contributed by atoms with Crippen molar-refractivity contribution in [3.05, 3.63) is 24.3 Å². The van der Waals surface area contributed by atoms with Gasteiger partial charge in [0.1, 0.15) is 0 Å². The number of aliphatic hydroxyl groups is 1. The van der Waals surface area contributed by atoms with Crippen molar-refractivity contribution < 1.29 is 5.11 Å². The van der Waals surface area contributed by atoms with Gasteiger partial charge in [-0.05, 0) is 32.1 Å². The molecule has 0 heterocycles. The van der Waals surface area contributed by atoms with Gasteiger partial charge in [0.05, 0.1) is 0 Å². The molecular weight excluding hydrogens is 172 g/mol. The van der Waals surface area contributed by atoms with Gasteiger partial charge in [0.2, 0.25) is 0 Å². The Labute approximate surface area is 89.5 Å². The van der Waals surface area contributed by atoms with Gasteiger partial charge in [0.25, 0.3) is 0 Å². The third-order valence-corrected chi connectivity index (χ3v) is 2.57. The largest absolute Gasteiger partial charge is 0.396 e. The maximum atomic E-state index is 8.44. The summed E-state index contributed by atoms with van der Waals surface area (Å²) < 4.78 is 0. The SMILES string of the molecule is C=C(C)[C@H](C)CC.C=C(C)[C@H](C)CO. The molecule has 0 bridgehead atoms. The maximum absolute atomic E-state index is 8.44. The summed E-state index contributed by atoms with van der Waals surface area (Å²) in [4.78, 5) is 0. The third kappa shape index (κ3) is 9.53. The molecule has 84 valence electrons. The van der Waals surface area contributed by atoms with E-state index in [0.717, 1.165) is 5.57 Å². The van der Waals surface area contributed by atoms with E-state index < -0.39 is 0 Å². The van der Waals surface area contributed by atoms with Crippen LogP contribution in [-0.2, 0) is 0 Å². The second kappa shape index (κ2) is 9.01. The van der Waals surface area contributed by atoms with E-state index in [1.807, 2.05) is 13.8 Å². The van der Waals surface area contributed by atoms with Crippen LogP contribution in [0.5, 0.6) is 0 Å². The molecular formula is C13H26O. The molecule has 0 amide bonds.